The van der Waals surface area contributed by atoms with Crippen molar-refractivity contribution in [3.05, 3.63) is 113 Å². The lowest BCUT2D eigenvalue weighted by atomic mass is 9.77. The number of methoxy groups -OCH3 is 1. The van der Waals surface area contributed by atoms with Gasteiger partial charge in [-0.15, -0.1) is 0 Å². The van der Waals surface area contributed by atoms with Gasteiger partial charge in [0.2, 0.25) is 0 Å². The summed E-state index contributed by atoms with van der Waals surface area (Å²) >= 11 is 0. The number of ether oxygens (including phenoxy) is 1. The highest BCUT2D eigenvalue weighted by Gasteiger charge is 2.43. The predicted molar refractivity (Wildman–Crippen MR) is 167 cm³/mol. The van der Waals surface area contributed by atoms with Crippen molar-refractivity contribution >= 4 is 32.0 Å². The van der Waals surface area contributed by atoms with Gasteiger partial charge in [0.15, 0.2) is 0 Å². The molecule has 0 aliphatic carbocycles. The number of carboxylic acids is 1. The SMILES string of the molecule is COc1cc(OS(C)(=O)=O)cc(-c2cccc(C3(c4ccc(OS(C)(=O)=O)cc4)N=C(N)c4ccccc43)c2)c1.O=C(O)C(F)(F)F. The van der Waals surface area contributed by atoms with Crippen LogP contribution in [-0.4, -0.2) is 59.5 Å². The van der Waals surface area contributed by atoms with Crippen molar-refractivity contribution in [3.63, 3.8) is 0 Å². The zero-order valence-corrected chi connectivity index (χ0v) is 26.5. The molecule has 0 amide bonds. The van der Waals surface area contributed by atoms with Crippen molar-refractivity contribution in [2.24, 2.45) is 10.7 Å². The molecule has 11 nitrogen and oxygen atoms in total. The summed E-state index contributed by atoms with van der Waals surface area (Å²) in [6, 6.07) is 26.8. The van der Waals surface area contributed by atoms with E-state index in [1.54, 1.807) is 36.4 Å². The van der Waals surface area contributed by atoms with Crippen LogP contribution in [0.25, 0.3) is 11.1 Å². The fourth-order valence-electron chi connectivity index (χ4n) is 4.86. The van der Waals surface area contributed by atoms with Gasteiger partial charge >= 0.3 is 32.4 Å². The lowest BCUT2D eigenvalue weighted by molar-refractivity contribution is -0.192. The van der Waals surface area contributed by atoms with E-state index in [0.29, 0.717) is 17.1 Å². The molecule has 248 valence electrons. The minimum absolute atomic E-state index is 0.118. The molecule has 5 rings (SSSR count). The van der Waals surface area contributed by atoms with Gasteiger partial charge in [0.1, 0.15) is 28.6 Å². The number of halogens is 3. The molecule has 4 aromatic carbocycles. The number of nitrogens with zero attached hydrogens (tertiary/aromatic N) is 1. The Morgan fingerprint density at radius 2 is 1.34 bits per heavy atom. The van der Waals surface area contributed by atoms with Crippen LogP contribution in [-0.2, 0) is 30.6 Å². The molecule has 1 aliphatic heterocycles. The number of fused-ring (bicyclic) bond motifs is 1. The van der Waals surface area contributed by atoms with E-state index in [4.69, 9.17) is 33.7 Å². The van der Waals surface area contributed by atoms with Gasteiger partial charge in [-0.1, -0.05) is 54.6 Å². The number of rotatable bonds is 8. The molecule has 1 heterocycles. The van der Waals surface area contributed by atoms with E-state index in [9.17, 15) is 30.0 Å². The molecule has 16 heteroatoms. The van der Waals surface area contributed by atoms with E-state index < -0.39 is 37.9 Å². The summed E-state index contributed by atoms with van der Waals surface area (Å²) in [5.74, 6) is -1.68. The van der Waals surface area contributed by atoms with Crippen molar-refractivity contribution < 1.29 is 53.0 Å². The summed E-state index contributed by atoms with van der Waals surface area (Å²) in [5.41, 5.74) is 9.96. The largest absolute Gasteiger partial charge is 0.497 e. The smallest absolute Gasteiger partial charge is 0.490 e. The molecule has 0 saturated heterocycles. The van der Waals surface area contributed by atoms with Gasteiger partial charge in [-0.2, -0.15) is 30.0 Å². The Kier molecular flexibility index (Phi) is 9.59. The van der Waals surface area contributed by atoms with Crippen LogP contribution in [0, 0.1) is 0 Å². The predicted octanol–water partition coefficient (Wildman–Crippen LogP) is 4.68. The van der Waals surface area contributed by atoms with Crippen LogP contribution in [0.1, 0.15) is 22.3 Å². The third-order valence-electron chi connectivity index (χ3n) is 6.62. The maximum Gasteiger partial charge on any atom is 0.490 e. The van der Waals surface area contributed by atoms with Gasteiger partial charge in [-0.3, -0.25) is 0 Å². The van der Waals surface area contributed by atoms with E-state index in [-0.39, 0.29) is 11.5 Å². The highest BCUT2D eigenvalue weighted by Crippen LogP contribution is 2.47. The van der Waals surface area contributed by atoms with E-state index in [0.717, 1.165) is 40.3 Å². The first-order valence-electron chi connectivity index (χ1n) is 13.3. The first kappa shape index (κ1) is 34.8. The Morgan fingerprint density at radius 3 is 1.91 bits per heavy atom. The van der Waals surface area contributed by atoms with Crippen LogP contribution in [0.5, 0.6) is 17.2 Å². The van der Waals surface area contributed by atoms with Crippen LogP contribution in [0.2, 0.25) is 0 Å². The average molecular weight is 693 g/mol. The minimum atomic E-state index is -5.08. The average Bonchev–Trinajstić information content (AvgIpc) is 3.29. The number of nitrogens with two attached hydrogens (primary N) is 1. The standard InChI is InChI=1S/C29H26N2O7S2.C2HF3O2/c1-36-24-16-20(17-25(18-24)38-40(3,34)35)19-7-6-8-22(15-19)29(27-10-5-4-9-26(27)28(30)31-29)21-11-13-23(14-12-21)37-39(2,32)33;3-2(4,5)1(6)7/h4-18H,1-3H3,(H2,30,31);(H,6,7). The molecule has 47 heavy (non-hydrogen) atoms. The van der Waals surface area contributed by atoms with Crippen molar-refractivity contribution in [2.75, 3.05) is 19.6 Å². The first-order chi connectivity index (χ1) is 21.8. The molecule has 0 spiro atoms. The normalized spacial score (nSPS) is 15.8. The van der Waals surface area contributed by atoms with Crippen molar-refractivity contribution in [2.45, 2.75) is 11.7 Å². The number of amidine groups is 1. The van der Waals surface area contributed by atoms with Crippen LogP contribution >= 0.6 is 0 Å². The van der Waals surface area contributed by atoms with E-state index in [1.807, 2.05) is 48.5 Å². The number of hydrogen-bond acceptors (Lipinski definition) is 10. The zero-order valence-electron chi connectivity index (χ0n) is 24.8. The lowest BCUT2D eigenvalue weighted by Crippen LogP contribution is -2.25. The second-order valence-corrected chi connectivity index (χ2v) is 13.3. The van der Waals surface area contributed by atoms with Gasteiger partial charge in [0.25, 0.3) is 0 Å². The van der Waals surface area contributed by atoms with E-state index >= 15 is 0 Å². The molecule has 1 atom stereocenters. The first-order valence-corrected chi connectivity index (χ1v) is 16.9. The van der Waals surface area contributed by atoms with Crippen molar-refractivity contribution in [1.82, 2.24) is 0 Å². The molecule has 1 unspecified atom stereocenters. The Balaban J connectivity index is 0.000000644. The van der Waals surface area contributed by atoms with Crippen molar-refractivity contribution in [3.8, 4) is 28.4 Å². The quantitative estimate of drug-likeness (QED) is 0.247. The van der Waals surface area contributed by atoms with Gasteiger partial charge in [-0.05, 0) is 58.1 Å². The molecule has 1 aliphatic rings. The number of carboxylic acid groups (broad SMARTS) is 1. The molecule has 0 aromatic heterocycles. The molecule has 0 fully saturated rings. The van der Waals surface area contributed by atoms with Crippen LogP contribution in [0.3, 0.4) is 0 Å². The third kappa shape index (κ3) is 8.20. The summed E-state index contributed by atoms with van der Waals surface area (Å²) in [4.78, 5) is 13.9. The van der Waals surface area contributed by atoms with Crippen molar-refractivity contribution in [1.29, 1.82) is 0 Å². The Bertz CT molecular complexity index is 2070. The maximum absolute atomic E-state index is 11.8. The number of hydrogen-bond donors (Lipinski definition) is 2. The Labute approximate surface area is 268 Å². The molecule has 4 aromatic rings. The minimum Gasteiger partial charge on any atom is -0.497 e. The number of alkyl halides is 3. The van der Waals surface area contributed by atoms with Crippen LogP contribution in [0.15, 0.2) is 96.0 Å². The third-order valence-corrected chi connectivity index (χ3v) is 7.61. The van der Waals surface area contributed by atoms with Gasteiger partial charge in [0.05, 0.1) is 19.6 Å². The second-order valence-electron chi connectivity index (χ2n) is 10.1. The lowest BCUT2D eigenvalue weighted by Gasteiger charge is -2.29. The second kappa shape index (κ2) is 13.0. The Hall–Kier alpha value is -5.09. The molecule has 0 bridgehead atoms. The molecule has 0 saturated carbocycles. The summed E-state index contributed by atoms with van der Waals surface area (Å²) < 4.78 is 94.2. The van der Waals surface area contributed by atoms with E-state index in [2.05, 4.69) is 0 Å². The molecular formula is C31H27F3N2O9S2. The number of aliphatic carboxylic acids is 1. The highest BCUT2D eigenvalue weighted by atomic mass is 32.2. The summed E-state index contributed by atoms with van der Waals surface area (Å²) in [7, 11) is -5.97. The van der Waals surface area contributed by atoms with Crippen LogP contribution < -0.4 is 18.8 Å². The fourth-order valence-corrected chi connectivity index (χ4v) is 5.77. The maximum atomic E-state index is 11.8. The highest BCUT2D eigenvalue weighted by molar-refractivity contribution is 7.86. The summed E-state index contributed by atoms with van der Waals surface area (Å²) in [6.07, 6.45) is -3.13. The summed E-state index contributed by atoms with van der Waals surface area (Å²) in [5, 5.41) is 7.12. The number of benzene rings is 4. The number of carbonyl (C=O) groups is 1. The molecule has 0 radical (unpaired) electrons. The number of aliphatic imine (C=N–C) groups is 1. The van der Waals surface area contributed by atoms with E-state index in [1.165, 1.54) is 13.2 Å². The topological polar surface area (TPSA) is 172 Å². The van der Waals surface area contributed by atoms with Gasteiger partial charge in [-0.25, -0.2) is 9.79 Å². The zero-order chi connectivity index (χ0) is 34.8. The fraction of sp³-hybridized carbons (Fsp3) is 0.161. The monoisotopic (exact) mass is 692 g/mol. The van der Waals surface area contributed by atoms with Gasteiger partial charge in [0, 0.05) is 11.6 Å². The van der Waals surface area contributed by atoms with Gasteiger partial charge < -0.3 is 23.9 Å². The molecular weight excluding hydrogens is 665 g/mol. The summed E-state index contributed by atoms with van der Waals surface area (Å²) in [6.45, 7) is 0. The van der Waals surface area contributed by atoms with Crippen LogP contribution in [0.4, 0.5) is 13.2 Å². The molecule has 3 N–H and O–H groups in total. The Morgan fingerprint density at radius 1 is 0.766 bits per heavy atom.